The molecule has 0 radical (unpaired) electrons. The van der Waals surface area contributed by atoms with Crippen molar-refractivity contribution in [3.63, 3.8) is 0 Å². The topological polar surface area (TPSA) is 182 Å². The number of carbonyl (C=O) groups excluding carboxylic acids is 2. The number of ketones is 2. The second-order valence-electron chi connectivity index (χ2n) is 14.2. The summed E-state index contributed by atoms with van der Waals surface area (Å²) in [6, 6.07) is 28.9. The molecule has 11 nitrogen and oxygen atoms in total. The number of hydrogen-bond donors (Lipinski definition) is 5. The highest BCUT2D eigenvalue weighted by atomic mass is 16.5. The van der Waals surface area contributed by atoms with Gasteiger partial charge in [-0.25, -0.2) is 9.59 Å². The molecule has 4 aromatic carbocycles. The lowest BCUT2D eigenvalue weighted by Gasteiger charge is -2.40. The van der Waals surface area contributed by atoms with Crippen molar-refractivity contribution in [2.45, 2.75) is 75.3 Å². The highest BCUT2D eigenvalue weighted by Crippen LogP contribution is 2.41. The average molecular weight is 740 g/mol. The molecule has 54 heavy (non-hydrogen) atoms. The number of likely N-dealkylation sites (N-methyl/N-ethyl adjacent to an activating group) is 1. The molecule has 5 N–H and O–H groups in total. The number of carbonyl (C=O) groups is 4. The fourth-order valence-corrected chi connectivity index (χ4v) is 6.66. The van der Waals surface area contributed by atoms with Crippen LogP contribution in [0.1, 0.15) is 81.0 Å². The van der Waals surface area contributed by atoms with Gasteiger partial charge in [0, 0.05) is 23.6 Å². The molecule has 3 atom stereocenters. The zero-order valence-electron chi connectivity index (χ0n) is 31.1. The van der Waals surface area contributed by atoms with Gasteiger partial charge in [0.2, 0.25) is 11.6 Å². The summed E-state index contributed by atoms with van der Waals surface area (Å²) in [5.74, 6) is -7.00. The van der Waals surface area contributed by atoms with E-state index in [2.05, 4.69) is 43.3 Å². The summed E-state index contributed by atoms with van der Waals surface area (Å²) >= 11 is 0. The highest BCUT2D eigenvalue weighted by Gasteiger charge is 2.69. The molecule has 0 heterocycles. The van der Waals surface area contributed by atoms with E-state index in [1.54, 1.807) is 13.8 Å². The molecular weight excluding hydrogens is 690 g/mol. The van der Waals surface area contributed by atoms with Gasteiger partial charge < -0.3 is 35.2 Å². The first-order valence-corrected chi connectivity index (χ1v) is 17.8. The molecule has 1 aliphatic carbocycles. The lowest BCUT2D eigenvalue weighted by atomic mass is 9.72. The molecule has 0 aliphatic heterocycles. The van der Waals surface area contributed by atoms with E-state index in [0.717, 1.165) is 62.2 Å². The van der Waals surface area contributed by atoms with Crippen molar-refractivity contribution in [1.29, 1.82) is 0 Å². The van der Waals surface area contributed by atoms with Crippen molar-refractivity contribution in [2.75, 3.05) is 20.6 Å². The van der Waals surface area contributed by atoms with Gasteiger partial charge in [-0.05, 0) is 64.0 Å². The standard InChI is InChI=1S/C23H31NO2.C20H18O8/c1-24(2)17-22(23(25)15-7-4-8-16-23)20-11-13-21(14-12-20)26-18-19-9-5-3-6-10-19;1-11-3-7-13(8-4-11)15(21)19(27,17(23)24)20(28,18(25)26)16(22)14-9-5-12(2)6-10-14/h3,5-6,9-14,22,25H,4,7-8,15-18H2,1-2H3;3-10,27-28H,1-2H3,(H,23,24)(H,25,26)/t22-;19-,20-/m01/s1. The average Bonchev–Trinajstić information content (AvgIpc) is 3.16. The number of nitrogens with zero attached hydrogens (tertiary/aromatic N) is 1. The van der Waals surface area contributed by atoms with E-state index in [0.29, 0.717) is 17.7 Å². The van der Waals surface area contributed by atoms with Crippen LogP contribution in [0.5, 0.6) is 5.75 Å². The molecule has 0 bridgehead atoms. The summed E-state index contributed by atoms with van der Waals surface area (Å²) in [6.45, 7) is 4.81. The van der Waals surface area contributed by atoms with Crippen molar-refractivity contribution in [2.24, 2.45) is 0 Å². The van der Waals surface area contributed by atoms with Crippen LogP contribution in [0.4, 0.5) is 0 Å². The SMILES string of the molecule is CN(C)C[C@@H](c1ccc(OCc2ccccc2)cc1)C1(O)CCCCC1.Cc1ccc(C(=O)[C@@](O)(C(=O)O)[C@](O)(C(=O)O)C(=O)c2ccc(C)cc2)cc1. The summed E-state index contributed by atoms with van der Waals surface area (Å²) < 4.78 is 5.91. The molecular formula is C43H49NO10. The van der Waals surface area contributed by atoms with Gasteiger partial charge in [-0.1, -0.05) is 121 Å². The number of carboxylic acid groups (broad SMARTS) is 2. The first-order valence-electron chi connectivity index (χ1n) is 17.8. The molecule has 1 aliphatic rings. The summed E-state index contributed by atoms with van der Waals surface area (Å²) in [7, 11) is 4.16. The number of hydrogen-bond acceptors (Lipinski definition) is 9. The van der Waals surface area contributed by atoms with Crippen molar-refractivity contribution < 1.29 is 49.4 Å². The Bertz CT molecular complexity index is 1810. The number of Topliss-reactive ketones (excluding diaryl/α,β-unsaturated/α-hetero) is 2. The van der Waals surface area contributed by atoms with Crippen LogP contribution < -0.4 is 4.74 Å². The monoisotopic (exact) mass is 739 g/mol. The third-order valence-electron chi connectivity index (χ3n) is 9.87. The van der Waals surface area contributed by atoms with Crippen LogP contribution >= 0.6 is 0 Å². The molecule has 0 amide bonds. The fraction of sp³-hybridized carbons (Fsp3) is 0.349. The van der Waals surface area contributed by atoms with E-state index in [1.165, 1.54) is 41.8 Å². The number of aliphatic carboxylic acids is 2. The minimum atomic E-state index is -3.96. The van der Waals surface area contributed by atoms with Gasteiger partial charge in [-0.2, -0.15) is 0 Å². The second kappa shape index (κ2) is 17.7. The van der Waals surface area contributed by atoms with Gasteiger partial charge >= 0.3 is 11.9 Å². The molecule has 0 aromatic heterocycles. The van der Waals surface area contributed by atoms with E-state index < -0.39 is 40.3 Å². The smallest absolute Gasteiger partial charge is 0.348 e. The van der Waals surface area contributed by atoms with Crippen LogP contribution in [-0.4, -0.2) is 91.4 Å². The Kier molecular flexibility index (Phi) is 13.7. The quantitative estimate of drug-likeness (QED) is 0.0802. The van der Waals surface area contributed by atoms with E-state index in [9.17, 15) is 44.7 Å². The van der Waals surface area contributed by atoms with Crippen LogP contribution in [0.15, 0.2) is 103 Å². The Morgan fingerprint density at radius 1 is 0.685 bits per heavy atom. The van der Waals surface area contributed by atoms with Gasteiger partial charge in [0.1, 0.15) is 12.4 Å². The maximum Gasteiger partial charge on any atom is 0.348 e. The van der Waals surface area contributed by atoms with E-state index in [4.69, 9.17) is 4.74 Å². The molecule has 0 spiro atoms. The summed E-state index contributed by atoms with van der Waals surface area (Å²) in [5, 5.41) is 51.6. The Morgan fingerprint density at radius 3 is 1.54 bits per heavy atom. The number of rotatable bonds is 14. The predicted octanol–water partition coefficient (Wildman–Crippen LogP) is 5.61. The molecule has 0 unspecified atom stereocenters. The normalized spacial score (nSPS) is 16.4. The Morgan fingerprint density at radius 2 is 1.13 bits per heavy atom. The van der Waals surface area contributed by atoms with Crippen molar-refractivity contribution >= 4 is 23.5 Å². The van der Waals surface area contributed by atoms with E-state index >= 15 is 0 Å². The number of aryl methyl sites for hydroxylation is 2. The van der Waals surface area contributed by atoms with Crippen molar-refractivity contribution in [1.82, 2.24) is 4.90 Å². The van der Waals surface area contributed by atoms with Gasteiger partial charge in [0.15, 0.2) is 0 Å². The number of aliphatic hydroxyl groups is 3. The van der Waals surface area contributed by atoms with Crippen molar-refractivity contribution in [3.05, 3.63) is 137 Å². The first-order chi connectivity index (χ1) is 25.5. The zero-order chi connectivity index (χ0) is 39.7. The Balaban J connectivity index is 0.000000241. The highest BCUT2D eigenvalue weighted by molar-refractivity contribution is 6.28. The molecule has 4 aromatic rings. The van der Waals surface area contributed by atoms with Gasteiger partial charge in [-0.3, -0.25) is 9.59 Å². The second-order valence-corrected chi connectivity index (χ2v) is 14.2. The zero-order valence-corrected chi connectivity index (χ0v) is 31.1. The first kappa shape index (κ1) is 41.6. The number of carboxylic acids is 2. The molecule has 1 saturated carbocycles. The Labute approximate surface area is 315 Å². The predicted molar refractivity (Wildman–Crippen MR) is 203 cm³/mol. The van der Waals surface area contributed by atoms with Crippen molar-refractivity contribution in [3.8, 4) is 5.75 Å². The lowest BCUT2D eigenvalue weighted by molar-refractivity contribution is -0.187. The fourth-order valence-electron chi connectivity index (χ4n) is 6.66. The third-order valence-corrected chi connectivity index (χ3v) is 9.87. The van der Waals surface area contributed by atoms with Crippen LogP contribution in [-0.2, 0) is 16.2 Å². The maximum absolute atomic E-state index is 12.8. The summed E-state index contributed by atoms with van der Waals surface area (Å²) in [4.78, 5) is 51.3. The van der Waals surface area contributed by atoms with Crippen LogP contribution in [0.25, 0.3) is 0 Å². The summed E-state index contributed by atoms with van der Waals surface area (Å²) in [6.07, 6.45) is 5.29. The van der Waals surface area contributed by atoms with Crippen LogP contribution in [0.3, 0.4) is 0 Å². The van der Waals surface area contributed by atoms with Gasteiger partial charge in [0.05, 0.1) is 5.60 Å². The Hall–Kier alpha value is -5.20. The lowest BCUT2D eigenvalue weighted by Crippen LogP contribution is -2.71. The van der Waals surface area contributed by atoms with Crippen LogP contribution in [0.2, 0.25) is 0 Å². The maximum atomic E-state index is 12.8. The molecule has 286 valence electrons. The molecule has 11 heteroatoms. The van der Waals surface area contributed by atoms with Gasteiger partial charge in [-0.15, -0.1) is 0 Å². The van der Waals surface area contributed by atoms with E-state index in [1.807, 2.05) is 30.3 Å². The molecule has 1 fully saturated rings. The van der Waals surface area contributed by atoms with E-state index in [-0.39, 0.29) is 17.0 Å². The molecule has 0 saturated heterocycles. The third kappa shape index (κ3) is 9.29. The largest absolute Gasteiger partial charge is 0.489 e. The van der Waals surface area contributed by atoms with Crippen LogP contribution in [0, 0.1) is 13.8 Å². The van der Waals surface area contributed by atoms with Gasteiger partial charge in [0.25, 0.3) is 11.2 Å². The number of benzene rings is 4. The summed E-state index contributed by atoms with van der Waals surface area (Å²) in [5.41, 5.74) is -5.49. The minimum Gasteiger partial charge on any atom is -0.489 e. The minimum absolute atomic E-state index is 0.140. The molecule has 5 rings (SSSR count). The number of ether oxygens (including phenoxy) is 1.